The molecule has 13 nitrogen and oxygen atoms in total. The largest absolute Gasteiger partial charge is 0.460 e. The topological polar surface area (TPSA) is 153 Å². The fourth-order valence-corrected chi connectivity index (χ4v) is 9.71. The second-order valence-electron chi connectivity index (χ2n) is 18.0. The summed E-state index contributed by atoms with van der Waals surface area (Å²) in [5.74, 6) is -2.89. The Hall–Kier alpha value is -3.15. The Balaban J connectivity index is 1.35. The van der Waals surface area contributed by atoms with Gasteiger partial charge in [-0.1, -0.05) is 82.0 Å². The second kappa shape index (κ2) is 19.9. The Morgan fingerprint density at radius 2 is 1.62 bits per heavy atom. The summed E-state index contributed by atoms with van der Waals surface area (Å²) in [7, 11) is 1.59. The molecule has 330 valence electrons. The normalized spacial score (nSPS) is 26.5. The molecule has 4 fully saturated rings. The molecule has 0 spiro atoms. The van der Waals surface area contributed by atoms with E-state index in [9.17, 15) is 19.5 Å². The minimum atomic E-state index is -1.49. The number of rotatable bonds is 20. The van der Waals surface area contributed by atoms with E-state index in [-0.39, 0.29) is 32.2 Å². The number of hydrogen-bond donors (Lipinski definition) is 2. The van der Waals surface area contributed by atoms with Crippen LogP contribution in [-0.4, -0.2) is 106 Å². The zero-order chi connectivity index (χ0) is 43.2. The van der Waals surface area contributed by atoms with Gasteiger partial charge in [0.05, 0.1) is 19.2 Å². The van der Waals surface area contributed by atoms with Gasteiger partial charge < -0.3 is 34.3 Å². The van der Waals surface area contributed by atoms with Crippen molar-refractivity contribution in [2.45, 2.75) is 172 Å². The van der Waals surface area contributed by atoms with Gasteiger partial charge in [0.15, 0.2) is 11.8 Å². The van der Waals surface area contributed by atoms with Crippen LogP contribution in [0, 0.1) is 8.99 Å². The second-order valence-corrected chi connectivity index (χ2v) is 19.2. The van der Waals surface area contributed by atoms with E-state index < -0.39 is 89.7 Å². The van der Waals surface area contributed by atoms with E-state index in [0.717, 1.165) is 53.2 Å². The van der Waals surface area contributed by atoms with Gasteiger partial charge in [0.2, 0.25) is 11.8 Å². The number of carbonyl (C=O) groups excluding carboxylic acids is 4. The lowest BCUT2D eigenvalue weighted by atomic mass is 9.62. The number of aliphatic hydroxyl groups excluding tert-OH is 1. The lowest BCUT2D eigenvalue weighted by molar-refractivity contribution is -0.225. The van der Waals surface area contributed by atoms with E-state index in [1.165, 1.54) is 4.90 Å². The Morgan fingerprint density at radius 1 is 0.967 bits per heavy atom. The Kier molecular flexibility index (Phi) is 15.4. The zero-order valence-corrected chi connectivity index (χ0v) is 38.2. The van der Waals surface area contributed by atoms with E-state index in [2.05, 4.69) is 41.8 Å². The van der Waals surface area contributed by atoms with Gasteiger partial charge >= 0.3 is 11.9 Å². The predicted octanol–water partition coefficient (Wildman–Crippen LogP) is 6.40. The standard InChI is InChI=1S/C46H64IN3O10/c1-7-9-14-24-45(25-15-10-8-2)58-37-35-27-46(39(42(54)56-35)50(60-40(46)38(37)59-45)28-31-18-20-32(47)21-19-31)43(55)49(6)34(26-30-16-12-11-13-17-30)41(53)48-33(29-51)22-23-36(52)57-44(3,4)5/h11-13,16-21,33-35,37-40,51H,7-10,14-15,22-29H2,1-6H3,(H,48,53)/t33-,34+,35?,37-,38-,39-,40+,46?/m0/s1. The molecule has 0 aromatic heterocycles. The molecule has 1 aliphatic carbocycles. The molecule has 2 aromatic rings. The molecule has 2 unspecified atom stereocenters. The van der Waals surface area contributed by atoms with Crippen LogP contribution in [0.2, 0.25) is 0 Å². The molecular weight excluding hydrogens is 881 g/mol. The molecule has 2 bridgehead atoms. The van der Waals surface area contributed by atoms with Crippen molar-refractivity contribution in [1.82, 2.24) is 15.3 Å². The summed E-state index contributed by atoms with van der Waals surface area (Å²) in [5.41, 5.74) is -0.476. The van der Waals surface area contributed by atoms with Crippen molar-refractivity contribution in [1.29, 1.82) is 0 Å². The first-order valence-electron chi connectivity index (χ1n) is 21.8. The van der Waals surface area contributed by atoms with Gasteiger partial charge in [-0.3, -0.25) is 24.0 Å². The number of hydrogen-bond acceptors (Lipinski definition) is 11. The summed E-state index contributed by atoms with van der Waals surface area (Å²) in [6.07, 6.45) is 4.53. The highest BCUT2D eigenvalue weighted by Gasteiger charge is 2.76. The molecule has 6 rings (SSSR count). The molecule has 60 heavy (non-hydrogen) atoms. The number of likely N-dealkylation sites (N-methyl/N-ethyl adjacent to an activating group) is 1. The summed E-state index contributed by atoms with van der Waals surface area (Å²) in [6, 6.07) is 14.3. The minimum Gasteiger partial charge on any atom is -0.460 e. The molecular formula is C46H64IN3O10. The number of unbranched alkanes of at least 4 members (excludes halogenated alkanes) is 4. The van der Waals surface area contributed by atoms with E-state index >= 15 is 4.79 Å². The van der Waals surface area contributed by atoms with Gasteiger partial charge in [-0.15, -0.1) is 0 Å². The molecule has 3 heterocycles. The molecule has 1 saturated carbocycles. The summed E-state index contributed by atoms with van der Waals surface area (Å²) in [4.78, 5) is 65.5. The first-order chi connectivity index (χ1) is 28.6. The number of nitrogens with one attached hydrogen (secondary N) is 1. The highest BCUT2D eigenvalue weighted by molar-refractivity contribution is 14.1. The van der Waals surface area contributed by atoms with E-state index in [1.54, 1.807) is 32.9 Å². The lowest BCUT2D eigenvalue weighted by Crippen LogP contribution is -2.70. The molecule has 3 saturated heterocycles. The van der Waals surface area contributed by atoms with E-state index in [1.807, 2.05) is 54.6 Å². The van der Waals surface area contributed by atoms with Crippen molar-refractivity contribution in [3.63, 3.8) is 0 Å². The number of halogens is 1. The Morgan fingerprint density at radius 3 is 2.23 bits per heavy atom. The number of hydroxylamine groups is 2. The molecule has 2 aromatic carbocycles. The number of benzene rings is 2. The van der Waals surface area contributed by atoms with Crippen molar-refractivity contribution in [2.75, 3.05) is 13.7 Å². The highest BCUT2D eigenvalue weighted by Crippen LogP contribution is 2.58. The first kappa shape index (κ1) is 46.4. The van der Waals surface area contributed by atoms with Crippen LogP contribution < -0.4 is 5.32 Å². The molecule has 14 heteroatoms. The van der Waals surface area contributed by atoms with Crippen molar-refractivity contribution < 1.29 is 48.1 Å². The van der Waals surface area contributed by atoms with Crippen LogP contribution in [0.3, 0.4) is 0 Å². The number of fused-ring (bicyclic) bond motifs is 4. The summed E-state index contributed by atoms with van der Waals surface area (Å²) in [5, 5.41) is 14.9. The fraction of sp³-hybridized carbons (Fsp3) is 0.652. The molecule has 0 radical (unpaired) electrons. The third-order valence-corrected chi connectivity index (χ3v) is 13.0. The summed E-state index contributed by atoms with van der Waals surface area (Å²) >= 11 is 2.24. The molecule has 2 N–H and O–H groups in total. The monoisotopic (exact) mass is 945 g/mol. The molecule has 3 aliphatic heterocycles. The van der Waals surface area contributed by atoms with Crippen molar-refractivity contribution in [3.05, 3.63) is 69.3 Å². The smallest absolute Gasteiger partial charge is 0.327 e. The SMILES string of the molecule is CCCCCC1(CCCCC)O[C@@H]2[C@H]3ON(Cc4ccc(I)cc4)[C@H]4C(=O)OC(CC34C(=O)N(C)[C@H](Cc3ccccc3)C(=O)N[C@H](CO)CCC(=O)OC(C)(C)C)[C@@H]2O1. The summed E-state index contributed by atoms with van der Waals surface area (Å²) in [6.45, 7) is 9.42. The number of aliphatic hydroxyl groups is 1. The molecule has 2 amide bonds. The molecule has 4 aliphatic rings. The Bertz CT molecular complexity index is 1780. The Labute approximate surface area is 368 Å². The van der Waals surface area contributed by atoms with Gasteiger partial charge in [0.25, 0.3) is 0 Å². The van der Waals surface area contributed by atoms with Crippen molar-refractivity contribution in [2.24, 2.45) is 5.41 Å². The average Bonchev–Trinajstić information content (AvgIpc) is 3.77. The lowest BCUT2D eigenvalue weighted by Gasteiger charge is -2.50. The maximum Gasteiger partial charge on any atom is 0.327 e. The predicted molar refractivity (Wildman–Crippen MR) is 232 cm³/mol. The highest BCUT2D eigenvalue weighted by atomic mass is 127. The van der Waals surface area contributed by atoms with Gasteiger partial charge in [-0.25, -0.2) is 0 Å². The number of ether oxygens (including phenoxy) is 4. The van der Waals surface area contributed by atoms with Crippen LogP contribution in [0.4, 0.5) is 0 Å². The molecule has 8 atom stereocenters. The van der Waals surface area contributed by atoms with Gasteiger partial charge in [-0.05, 0) is 85.9 Å². The number of esters is 2. The third-order valence-electron chi connectivity index (χ3n) is 12.3. The van der Waals surface area contributed by atoms with Gasteiger partial charge in [0.1, 0.15) is 41.5 Å². The van der Waals surface area contributed by atoms with Crippen LogP contribution in [0.25, 0.3) is 0 Å². The first-order valence-corrected chi connectivity index (χ1v) is 22.9. The maximum atomic E-state index is 15.7. The number of carbonyl (C=O) groups is 4. The van der Waals surface area contributed by atoms with Crippen LogP contribution in [0.5, 0.6) is 0 Å². The van der Waals surface area contributed by atoms with Crippen LogP contribution in [0.15, 0.2) is 54.6 Å². The maximum absolute atomic E-state index is 15.7. The van der Waals surface area contributed by atoms with E-state index in [4.69, 9.17) is 23.8 Å². The van der Waals surface area contributed by atoms with Gasteiger partial charge in [0, 0.05) is 42.7 Å². The fourth-order valence-electron chi connectivity index (χ4n) is 9.35. The third kappa shape index (κ3) is 10.4. The van der Waals surface area contributed by atoms with Gasteiger partial charge in [-0.2, -0.15) is 5.06 Å². The van der Waals surface area contributed by atoms with Crippen LogP contribution in [-0.2, 0) is 55.9 Å². The minimum absolute atomic E-state index is 0.0202. The van der Waals surface area contributed by atoms with Crippen LogP contribution in [0.1, 0.15) is 116 Å². The number of nitrogens with zero attached hydrogens (tertiary/aromatic N) is 2. The van der Waals surface area contributed by atoms with Crippen molar-refractivity contribution >= 4 is 46.3 Å². The van der Waals surface area contributed by atoms with Crippen LogP contribution >= 0.6 is 22.6 Å². The summed E-state index contributed by atoms with van der Waals surface area (Å²) < 4.78 is 26.8. The average molecular weight is 946 g/mol. The van der Waals surface area contributed by atoms with E-state index in [0.29, 0.717) is 12.8 Å². The number of amides is 2. The quantitative estimate of drug-likeness (QED) is 0.0862. The zero-order valence-electron chi connectivity index (χ0n) is 36.0. The van der Waals surface area contributed by atoms with Crippen molar-refractivity contribution in [3.8, 4) is 0 Å².